The van der Waals surface area contributed by atoms with Crippen LogP contribution in [-0.2, 0) is 6.42 Å². The fraction of sp³-hybridized carbons (Fsp3) is 0.733. The minimum absolute atomic E-state index is 0.264. The highest BCUT2D eigenvalue weighted by atomic mass is 35.5. The van der Waals surface area contributed by atoms with Crippen LogP contribution in [0.2, 0.25) is 5.15 Å². The summed E-state index contributed by atoms with van der Waals surface area (Å²) in [6.45, 7) is 8.57. The fourth-order valence-electron chi connectivity index (χ4n) is 2.55. The predicted octanol–water partition coefficient (Wildman–Crippen LogP) is 4.20. The second-order valence-corrected chi connectivity index (χ2v) is 6.08. The van der Waals surface area contributed by atoms with Gasteiger partial charge in [0.1, 0.15) is 17.1 Å². The van der Waals surface area contributed by atoms with Gasteiger partial charge in [-0.3, -0.25) is 0 Å². The average molecular weight is 283 g/mol. The summed E-state index contributed by atoms with van der Waals surface area (Å²) in [6.07, 6.45) is 4.47. The summed E-state index contributed by atoms with van der Waals surface area (Å²) in [7, 11) is 0. The molecule has 0 amide bonds. The van der Waals surface area contributed by atoms with E-state index in [1.54, 1.807) is 0 Å². The molecule has 0 spiro atoms. The first-order valence-corrected chi connectivity index (χ1v) is 7.58. The van der Waals surface area contributed by atoms with Gasteiger partial charge in [-0.1, -0.05) is 32.4 Å². The minimum Gasteiger partial charge on any atom is -0.474 e. The number of aryl methyl sites for hydroxylation is 1. The summed E-state index contributed by atoms with van der Waals surface area (Å²) in [5, 5.41) is 0.513. The minimum atomic E-state index is 0.264. The lowest BCUT2D eigenvalue weighted by molar-refractivity contribution is 0.0954. The van der Waals surface area contributed by atoms with Crippen molar-refractivity contribution in [2.24, 2.45) is 11.8 Å². The molecule has 2 rings (SSSR count). The van der Waals surface area contributed by atoms with Gasteiger partial charge >= 0.3 is 0 Å². The van der Waals surface area contributed by atoms with E-state index in [2.05, 4.69) is 23.8 Å². The number of ether oxygens (including phenoxy) is 1. The molecule has 1 aromatic rings. The standard InChI is InChI=1S/C15H23ClN2O/c1-5-13-17-14(16)11(4)15(18-13)19-12-7-6-9(2)10(3)8-12/h9-10,12H,5-8H2,1-4H3. The normalized spacial score (nSPS) is 27.3. The van der Waals surface area contributed by atoms with Crippen molar-refractivity contribution in [1.82, 2.24) is 9.97 Å². The summed E-state index contributed by atoms with van der Waals surface area (Å²) in [5.74, 6) is 2.93. The van der Waals surface area contributed by atoms with Crippen molar-refractivity contribution >= 4 is 11.6 Å². The van der Waals surface area contributed by atoms with E-state index in [0.717, 1.165) is 36.6 Å². The Morgan fingerprint density at radius 3 is 2.58 bits per heavy atom. The first kappa shape index (κ1) is 14.6. The number of hydrogen-bond donors (Lipinski definition) is 0. The zero-order chi connectivity index (χ0) is 14.0. The molecule has 0 N–H and O–H groups in total. The number of rotatable bonds is 3. The molecule has 3 unspecified atom stereocenters. The van der Waals surface area contributed by atoms with E-state index in [-0.39, 0.29) is 6.10 Å². The van der Waals surface area contributed by atoms with Crippen molar-refractivity contribution in [3.63, 3.8) is 0 Å². The highest BCUT2D eigenvalue weighted by Gasteiger charge is 2.26. The van der Waals surface area contributed by atoms with Gasteiger partial charge in [0.05, 0.1) is 0 Å². The van der Waals surface area contributed by atoms with E-state index >= 15 is 0 Å². The molecule has 1 aliphatic carbocycles. The van der Waals surface area contributed by atoms with Crippen molar-refractivity contribution in [1.29, 1.82) is 0 Å². The van der Waals surface area contributed by atoms with E-state index < -0.39 is 0 Å². The summed E-state index contributed by atoms with van der Waals surface area (Å²) in [6, 6.07) is 0. The molecule has 19 heavy (non-hydrogen) atoms. The summed E-state index contributed by atoms with van der Waals surface area (Å²) in [5.41, 5.74) is 0.852. The molecule has 1 fully saturated rings. The van der Waals surface area contributed by atoms with Crippen LogP contribution in [0.15, 0.2) is 0 Å². The Morgan fingerprint density at radius 1 is 1.21 bits per heavy atom. The maximum atomic E-state index is 6.14. The molecule has 1 saturated carbocycles. The van der Waals surface area contributed by atoms with Crippen LogP contribution in [0.3, 0.4) is 0 Å². The average Bonchev–Trinajstić information content (AvgIpc) is 2.39. The topological polar surface area (TPSA) is 35.0 Å². The Labute approximate surface area is 120 Å². The summed E-state index contributed by atoms with van der Waals surface area (Å²) < 4.78 is 6.09. The molecular formula is C15H23ClN2O. The monoisotopic (exact) mass is 282 g/mol. The second kappa shape index (κ2) is 6.08. The lowest BCUT2D eigenvalue weighted by Crippen LogP contribution is -2.29. The van der Waals surface area contributed by atoms with Gasteiger partial charge in [0.15, 0.2) is 0 Å². The highest BCUT2D eigenvalue weighted by molar-refractivity contribution is 6.30. The Hall–Kier alpha value is -0.830. The molecule has 0 bridgehead atoms. The van der Waals surface area contributed by atoms with Gasteiger partial charge in [-0.2, -0.15) is 4.98 Å². The molecule has 0 aliphatic heterocycles. The maximum Gasteiger partial charge on any atom is 0.221 e. The van der Waals surface area contributed by atoms with Crippen LogP contribution >= 0.6 is 11.6 Å². The zero-order valence-electron chi connectivity index (χ0n) is 12.2. The number of halogens is 1. The van der Waals surface area contributed by atoms with E-state index in [0.29, 0.717) is 17.0 Å². The van der Waals surface area contributed by atoms with Gasteiger partial charge in [-0.15, -0.1) is 0 Å². The van der Waals surface area contributed by atoms with Crippen LogP contribution in [0.25, 0.3) is 0 Å². The van der Waals surface area contributed by atoms with Crippen molar-refractivity contribution < 1.29 is 4.74 Å². The Balaban J connectivity index is 2.12. The SMILES string of the molecule is CCc1nc(Cl)c(C)c(OC2CCC(C)C(C)C2)n1. The fourth-order valence-corrected chi connectivity index (χ4v) is 2.73. The Morgan fingerprint density at radius 2 is 1.95 bits per heavy atom. The van der Waals surface area contributed by atoms with E-state index in [1.807, 2.05) is 13.8 Å². The Kier molecular flexibility index (Phi) is 4.67. The molecule has 3 nitrogen and oxygen atoms in total. The lowest BCUT2D eigenvalue weighted by Gasteiger charge is -2.32. The van der Waals surface area contributed by atoms with Crippen LogP contribution in [0.4, 0.5) is 0 Å². The van der Waals surface area contributed by atoms with Crippen LogP contribution in [0.5, 0.6) is 5.88 Å². The van der Waals surface area contributed by atoms with Gasteiger partial charge in [0.2, 0.25) is 5.88 Å². The molecule has 1 heterocycles. The number of hydrogen-bond acceptors (Lipinski definition) is 3. The molecule has 1 aliphatic rings. The van der Waals surface area contributed by atoms with E-state index in [1.165, 1.54) is 6.42 Å². The van der Waals surface area contributed by atoms with Crippen LogP contribution in [-0.4, -0.2) is 16.1 Å². The van der Waals surface area contributed by atoms with E-state index in [4.69, 9.17) is 16.3 Å². The van der Waals surface area contributed by atoms with Crippen LogP contribution in [0.1, 0.15) is 51.4 Å². The molecule has 0 radical (unpaired) electrons. The third-order valence-electron chi connectivity index (χ3n) is 4.23. The maximum absolute atomic E-state index is 6.14. The molecular weight excluding hydrogens is 260 g/mol. The van der Waals surface area contributed by atoms with Crippen molar-refractivity contribution in [3.8, 4) is 5.88 Å². The molecule has 0 saturated heterocycles. The van der Waals surface area contributed by atoms with E-state index in [9.17, 15) is 0 Å². The van der Waals surface area contributed by atoms with Crippen molar-refractivity contribution in [3.05, 3.63) is 16.5 Å². The Bertz CT molecular complexity index is 450. The summed E-state index contributed by atoms with van der Waals surface area (Å²) >= 11 is 6.14. The third kappa shape index (κ3) is 3.38. The lowest BCUT2D eigenvalue weighted by atomic mass is 9.80. The van der Waals surface area contributed by atoms with Gasteiger partial charge in [0, 0.05) is 12.0 Å². The smallest absolute Gasteiger partial charge is 0.221 e. The highest BCUT2D eigenvalue weighted by Crippen LogP contribution is 2.32. The van der Waals surface area contributed by atoms with Crippen molar-refractivity contribution in [2.75, 3.05) is 0 Å². The third-order valence-corrected chi connectivity index (χ3v) is 4.60. The second-order valence-electron chi connectivity index (χ2n) is 5.72. The first-order chi connectivity index (χ1) is 9.01. The molecule has 1 aromatic heterocycles. The van der Waals surface area contributed by atoms with Gasteiger partial charge in [-0.05, 0) is 38.0 Å². The molecule has 4 heteroatoms. The summed E-state index contributed by atoms with van der Waals surface area (Å²) in [4.78, 5) is 8.72. The first-order valence-electron chi connectivity index (χ1n) is 7.20. The van der Waals surface area contributed by atoms with Crippen molar-refractivity contribution in [2.45, 2.75) is 59.5 Å². The largest absolute Gasteiger partial charge is 0.474 e. The molecule has 3 atom stereocenters. The predicted molar refractivity (Wildman–Crippen MR) is 77.8 cm³/mol. The van der Waals surface area contributed by atoms with Gasteiger partial charge in [-0.25, -0.2) is 4.98 Å². The van der Waals surface area contributed by atoms with Gasteiger partial charge < -0.3 is 4.74 Å². The number of nitrogens with zero attached hydrogens (tertiary/aromatic N) is 2. The van der Waals surface area contributed by atoms with Crippen LogP contribution < -0.4 is 4.74 Å². The number of aromatic nitrogens is 2. The quantitative estimate of drug-likeness (QED) is 0.779. The molecule has 106 valence electrons. The van der Waals surface area contributed by atoms with Crippen LogP contribution in [0, 0.1) is 18.8 Å². The zero-order valence-corrected chi connectivity index (χ0v) is 13.0. The van der Waals surface area contributed by atoms with Gasteiger partial charge in [0.25, 0.3) is 0 Å². The molecule has 0 aromatic carbocycles.